The molecule has 0 spiro atoms. The summed E-state index contributed by atoms with van der Waals surface area (Å²) in [6.45, 7) is 2.48. The Labute approximate surface area is 134 Å². The molecule has 0 N–H and O–H groups in total. The van der Waals surface area contributed by atoms with Crippen LogP contribution in [0.2, 0.25) is 0 Å². The number of esters is 1. The summed E-state index contributed by atoms with van der Waals surface area (Å²) in [6, 6.07) is 12.2. The second kappa shape index (κ2) is 6.90. The lowest BCUT2D eigenvalue weighted by atomic mass is 10.2. The Morgan fingerprint density at radius 3 is 2.40 bits per heavy atom. The monoisotopic (exact) mass is 398 g/mol. The zero-order valence-electron chi connectivity index (χ0n) is 10.7. The van der Waals surface area contributed by atoms with E-state index in [1.165, 1.54) is 0 Å². The number of ether oxygens (including phenoxy) is 2. The second-order valence-electron chi connectivity index (χ2n) is 3.92. The highest BCUT2D eigenvalue weighted by Crippen LogP contribution is 2.26. The molecule has 0 heterocycles. The Morgan fingerprint density at radius 1 is 1.10 bits per heavy atom. The van der Waals surface area contributed by atoms with Gasteiger partial charge in [-0.3, -0.25) is 0 Å². The summed E-state index contributed by atoms with van der Waals surface area (Å²) < 4.78 is 12.3. The molecule has 0 radical (unpaired) electrons. The highest BCUT2D eigenvalue weighted by molar-refractivity contribution is 9.10. The van der Waals surface area contributed by atoms with Gasteiger partial charge in [0, 0.05) is 4.47 Å². The highest BCUT2D eigenvalue weighted by atomic mass is 79.9. The average molecular weight is 400 g/mol. The Hall–Kier alpha value is -1.33. The third-order valence-corrected chi connectivity index (χ3v) is 3.64. The van der Waals surface area contributed by atoms with Gasteiger partial charge in [-0.25, -0.2) is 4.79 Å². The number of hydrogen-bond donors (Lipinski definition) is 0. The molecule has 0 unspecified atom stereocenters. The van der Waals surface area contributed by atoms with E-state index in [9.17, 15) is 4.79 Å². The fourth-order valence-corrected chi connectivity index (χ4v) is 2.33. The number of carbonyl (C=O) groups is 1. The van der Waals surface area contributed by atoms with E-state index in [1.54, 1.807) is 30.3 Å². The van der Waals surface area contributed by atoms with Crippen LogP contribution in [0, 0.1) is 0 Å². The summed E-state index contributed by atoms with van der Waals surface area (Å²) >= 11 is 6.70. The molecule has 3 nitrogen and oxygen atoms in total. The van der Waals surface area contributed by atoms with E-state index in [0.29, 0.717) is 23.7 Å². The number of hydrogen-bond acceptors (Lipinski definition) is 3. The number of benzene rings is 2. The Kier molecular flexibility index (Phi) is 5.20. The first kappa shape index (κ1) is 15.1. The summed E-state index contributed by atoms with van der Waals surface area (Å²) in [5.74, 6) is 0.798. The van der Waals surface area contributed by atoms with Crippen LogP contribution in [-0.2, 0) is 0 Å². The van der Waals surface area contributed by atoms with Gasteiger partial charge >= 0.3 is 5.97 Å². The van der Waals surface area contributed by atoms with Crippen LogP contribution in [0.4, 0.5) is 0 Å². The summed E-state index contributed by atoms with van der Waals surface area (Å²) in [4.78, 5) is 12.0. The lowest BCUT2D eigenvalue weighted by Crippen LogP contribution is -2.08. The first-order chi connectivity index (χ1) is 9.60. The van der Waals surface area contributed by atoms with E-state index < -0.39 is 5.97 Å². The van der Waals surface area contributed by atoms with Gasteiger partial charge in [0.1, 0.15) is 11.5 Å². The zero-order valence-corrected chi connectivity index (χ0v) is 13.9. The molecular weight excluding hydrogens is 388 g/mol. The van der Waals surface area contributed by atoms with Crippen LogP contribution in [0.25, 0.3) is 0 Å². The molecule has 0 saturated carbocycles. The van der Waals surface area contributed by atoms with Gasteiger partial charge in [0.2, 0.25) is 0 Å². The molecule has 0 bridgehead atoms. The van der Waals surface area contributed by atoms with Crippen molar-refractivity contribution in [3.05, 3.63) is 57.0 Å². The molecule has 0 aliphatic carbocycles. The van der Waals surface area contributed by atoms with Gasteiger partial charge in [-0.1, -0.05) is 15.9 Å². The highest BCUT2D eigenvalue weighted by Gasteiger charge is 2.11. The molecule has 0 amide bonds. The van der Waals surface area contributed by atoms with Gasteiger partial charge in [0.05, 0.1) is 16.6 Å². The van der Waals surface area contributed by atoms with E-state index >= 15 is 0 Å². The molecule has 2 rings (SSSR count). The van der Waals surface area contributed by atoms with Crippen molar-refractivity contribution in [1.82, 2.24) is 0 Å². The molecule has 0 fully saturated rings. The van der Waals surface area contributed by atoms with Crippen molar-refractivity contribution >= 4 is 37.8 Å². The van der Waals surface area contributed by atoms with Gasteiger partial charge in [-0.2, -0.15) is 0 Å². The molecule has 104 valence electrons. The van der Waals surface area contributed by atoms with Crippen LogP contribution in [0.5, 0.6) is 11.5 Å². The van der Waals surface area contributed by atoms with Crippen LogP contribution in [-0.4, -0.2) is 12.6 Å². The van der Waals surface area contributed by atoms with Gasteiger partial charge in [-0.05, 0) is 65.3 Å². The summed E-state index contributed by atoms with van der Waals surface area (Å²) in [5.41, 5.74) is 0.461. The molecule has 2 aromatic rings. The van der Waals surface area contributed by atoms with Crippen LogP contribution in [0.3, 0.4) is 0 Å². The normalized spacial score (nSPS) is 10.2. The summed E-state index contributed by atoms with van der Waals surface area (Å²) in [5, 5.41) is 0. The standard InChI is InChI=1S/C15H12Br2O3/c1-2-19-14-8-3-10(9-13(14)17)15(18)20-12-6-4-11(16)5-7-12/h3-9H,2H2,1H3. The van der Waals surface area contributed by atoms with Crippen LogP contribution in [0.15, 0.2) is 51.4 Å². The zero-order chi connectivity index (χ0) is 14.5. The SMILES string of the molecule is CCOc1ccc(C(=O)Oc2ccc(Br)cc2)cc1Br. The van der Waals surface area contributed by atoms with Crippen molar-refractivity contribution in [3.63, 3.8) is 0 Å². The van der Waals surface area contributed by atoms with E-state index in [0.717, 1.165) is 8.95 Å². The van der Waals surface area contributed by atoms with Crippen molar-refractivity contribution < 1.29 is 14.3 Å². The van der Waals surface area contributed by atoms with Gasteiger partial charge < -0.3 is 9.47 Å². The lowest BCUT2D eigenvalue weighted by molar-refractivity contribution is 0.0734. The summed E-state index contributed by atoms with van der Waals surface area (Å²) in [6.07, 6.45) is 0. The third kappa shape index (κ3) is 3.84. The van der Waals surface area contributed by atoms with Crippen molar-refractivity contribution in [1.29, 1.82) is 0 Å². The maximum atomic E-state index is 12.0. The average Bonchev–Trinajstić information content (AvgIpc) is 2.44. The maximum absolute atomic E-state index is 12.0. The smallest absolute Gasteiger partial charge is 0.343 e. The predicted molar refractivity (Wildman–Crippen MR) is 84.4 cm³/mol. The van der Waals surface area contributed by atoms with Crippen molar-refractivity contribution in [3.8, 4) is 11.5 Å². The van der Waals surface area contributed by atoms with Gasteiger partial charge in [0.15, 0.2) is 0 Å². The minimum absolute atomic E-state index is 0.406. The Bertz CT molecular complexity index is 609. The molecule has 0 aromatic heterocycles. The lowest BCUT2D eigenvalue weighted by Gasteiger charge is -2.08. The molecule has 20 heavy (non-hydrogen) atoms. The fraction of sp³-hybridized carbons (Fsp3) is 0.133. The largest absolute Gasteiger partial charge is 0.493 e. The molecular formula is C15H12Br2O3. The minimum Gasteiger partial charge on any atom is -0.493 e. The van der Waals surface area contributed by atoms with Crippen LogP contribution < -0.4 is 9.47 Å². The molecule has 0 aliphatic heterocycles. The predicted octanol–water partition coefficient (Wildman–Crippen LogP) is 4.83. The maximum Gasteiger partial charge on any atom is 0.343 e. The Balaban J connectivity index is 2.13. The number of rotatable bonds is 4. The second-order valence-corrected chi connectivity index (χ2v) is 5.69. The molecule has 0 aliphatic rings. The summed E-state index contributed by atoms with van der Waals surface area (Å²) in [7, 11) is 0. The Morgan fingerprint density at radius 2 is 1.80 bits per heavy atom. The number of carbonyl (C=O) groups excluding carboxylic acids is 1. The van der Waals surface area contributed by atoms with E-state index in [-0.39, 0.29) is 0 Å². The van der Waals surface area contributed by atoms with Crippen molar-refractivity contribution in [2.24, 2.45) is 0 Å². The van der Waals surface area contributed by atoms with E-state index in [1.807, 2.05) is 19.1 Å². The molecule has 2 aromatic carbocycles. The van der Waals surface area contributed by atoms with E-state index in [2.05, 4.69) is 31.9 Å². The first-order valence-electron chi connectivity index (χ1n) is 6.00. The topological polar surface area (TPSA) is 35.5 Å². The van der Waals surface area contributed by atoms with Gasteiger partial charge in [0.25, 0.3) is 0 Å². The van der Waals surface area contributed by atoms with Gasteiger partial charge in [-0.15, -0.1) is 0 Å². The molecule has 0 atom stereocenters. The van der Waals surface area contributed by atoms with Crippen LogP contribution >= 0.6 is 31.9 Å². The van der Waals surface area contributed by atoms with E-state index in [4.69, 9.17) is 9.47 Å². The number of halogens is 2. The molecule has 5 heteroatoms. The fourth-order valence-electron chi connectivity index (χ4n) is 1.57. The van der Waals surface area contributed by atoms with Crippen LogP contribution in [0.1, 0.15) is 17.3 Å². The van der Waals surface area contributed by atoms with Crippen molar-refractivity contribution in [2.75, 3.05) is 6.61 Å². The minimum atomic E-state index is -0.406. The van der Waals surface area contributed by atoms with Crippen molar-refractivity contribution in [2.45, 2.75) is 6.92 Å². The molecule has 0 saturated heterocycles. The third-order valence-electron chi connectivity index (χ3n) is 2.49. The first-order valence-corrected chi connectivity index (χ1v) is 7.59. The quantitative estimate of drug-likeness (QED) is 0.545.